The molecule has 0 saturated heterocycles. The molecule has 1 N–H and O–H groups in total. The zero-order chi connectivity index (χ0) is 11.4. The first-order valence-corrected chi connectivity index (χ1v) is 5.24. The van der Waals surface area contributed by atoms with Gasteiger partial charge in [0.1, 0.15) is 5.76 Å². The average Bonchev–Trinajstić information content (AvgIpc) is 2.57. The first kappa shape index (κ1) is 11.8. The van der Waals surface area contributed by atoms with Gasteiger partial charge >= 0.3 is 5.97 Å². The molecule has 1 aromatic heterocycles. The van der Waals surface area contributed by atoms with Gasteiger partial charge in [-0.1, -0.05) is 20.8 Å². The summed E-state index contributed by atoms with van der Waals surface area (Å²) in [5.74, 6) is 0.865. The van der Waals surface area contributed by atoms with Crippen molar-refractivity contribution < 1.29 is 14.3 Å². The van der Waals surface area contributed by atoms with Gasteiger partial charge in [-0.15, -0.1) is 0 Å². The second-order valence-corrected chi connectivity index (χ2v) is 3.82. The van der Waals surface area contributed by atoms with Crippen LogP contribution in [0, 0.1) is 0 Å². The zero-order valence-corrected chi connectivity index (χ0v) is 9.41. The van der Waals surface area contributed by atoms with Crippen molar-refractivity contribution >= 4 is 5.97 Å². The molecule has 0 aliphatic heterocycles. The second kappa shape index (κ2) is 4.96. The van der Waals surface area contributed by atoms with Crippen molar-refractivity contribution in [2.45, 2.75) is 46.0 Å². The molecule has 0 bridgehead atoms. The number of hydrogen-bond donors (Lipinski definition) is 1. The maximum atomic E-state index is 10.5. The number of carbonyl (C=O) groups is 1. The predicted octanol–water partition coefficient (Wildman–Crippen LogP) is 2.38. The Hall–Kier alpha value is -1.32. The summed E-state index contributed by atoms with van der Waals surface area (Å²) in [6.07, 6.45) is 1.31. The average molecular weight is 211 g/mol. The lowest BCUT2D eigenvalue weighted by Crippen LogP contribution is -1.98. The van der Waals surface area contributed by atoms with E-state index in [4.69, 9.17) is 9.52 Å². The van der Waals surface area contributed by atoms with Crippen LogP contribution >= 0.6 is 0 Å². The van der Waals surface area contributed by atoms with E-state index >= 15 is 0 Å². The lowest BCUT2D eigenvalue weighted by Gasteiger charge is -1.96. The molecule has 1 heterocycles. The monoisotopic (exact) mass is 211 g/mol. The van der Waals surface area contributed by atoms with Crippen molar-refractivity contribution in [1.82, 2.24) is 4.98 Å². The summed E-state index contributed by atoms with van der Waals surface area (Å²) in [4.78, 5) is 14.8. The molecule has 1 rings (SSSR count). The third-order valence-corrected chi connectivity index (χ3v) is 2.19. The van der Waals surface area contributed by atoms with Crippen molar-refractivity contribution in [3.05, 3.63) is 17.3 Å². The molecule has 0 aliphatic carbocycles. The van der Waals surface area contributed by atoms with Crippen LogP contribution in [0.3, 0.4) is 0 Å². The van der Waals surface area contributed by atoms with Crippen LogP contribution in [0.2, 0.25) is 0 Å². The normalized spacial score (nSPS) is 10.9. The van der Waals surface area contributed by atoms with Gasteiger partial charge in [0, 0.05) is 12.3 Å². The SMILES string of the molecule is CCc1nc(C(C)C)oc1CCC(=O)O. The summed E-state index contributed by atoms with van der Waals surface area (Å²) in [7, 11) is 0. The smallest absolute Gasteiger partial charge is 0.303 e. The Kier molecular flexibility index (Phi) is 3.88. The van der Waals surface area contributed by atoms with E-state index in [1.807, 2.05) is 20.8 Å². The molecular weight excluding hydrogens is 194 g/mol. The largest absolute Gasteiger partial charge is 0.481 e. The Morgan fingerprint density at radius 1 is 1.53 bits per heavy atom. The Morgan fingerprint density at radius 2 is 2.20 bits per heavy atom. The minimum atomic E-state index is -0.806. The highest BCUT2D eigenvalue weighted by atomic mass is 16.4. The molecule has 1 aromatic rings. The van der Waals surface area contributed by atoms with Gasteiger partial charge in [-0.2, -0.15) is 0 Å². The van der Waals surface area contributed by atoms with E-state index in [1.54, 1.807) is 0 Å². The van der Waals surface area contributed by atoms with E-state index in [9.17, 15) is 4.79 Å². The van der Waals surface area contributed by atoms with Gasteiger partial charge in [0.2, 0.25) is 0 Å². The van der Waals surface area contributed by atoms with Crippen molar-refractivity contribution in [3.8, 4) is 0 Å². The first-order chi connectivity index (χ1) is 7.04. The van der Waals surface area contributed by atoms with Crippen molar-refractivity contribution in [1.29, 1.82) is 0 Å². The molecule has 15 heavy (non-hydrogen) atoms. The number of carboxylic acid groups (broad SMARTS) is 1. The van der Waals surface area contributed by atoms with Gasteiger partial charge in [-0.3, -0.25) is 4.79 Å². The van der Waals surface area contributed by atoms with Gasteiger partial charge in [0.25, 0.3) is 0 Å². The van der Waals surface area contributed by atoms with E-state index in [-0.39, 0.29) is 12.3 Å². The molecule has 0 spiro atoms. The van der Waals surface area contributed by atoms with Crippen LogP contribution in [-0.2, 0) is 17.6 Å². The van der Waals surface area contributed by atoms with Gasteiger partial charge < -0.3 is 9.52 Å². The van der Waals surface area contributed by atoms with Gasteiger partial charge in [-0.25, -0.2) is 4.98 Å². The van der Waals surface area contributed by atoms with E-state index in [1.165, 1.54) is 0 Å². The summed E-state index contributed by atoms with van der Waals surface area (Å²) in [6.45, 7) is 6.00. The van der Waals surface area contributed by atoms with E-state index < -0.39 is 5.97 Å². The second-order valence-electron chi connectivity index (χ2n) is 3.82. The summed E-state index contributed by atoms with van der Waals surface area (Å²) >= 11 is 0. The maximum absolute atomic E-state index is 10.5. The zero-order valence-electron chi connectivity index (χ0n) is 9.41. The molecule has 0 amide bonds. The lowest BCUT2D eigenvalue weighted by molar-refractivity contribution is -0.137. The summed E-state index contributed by atoms with van der Waals surface area (Å²) in [6, 6.07) is 0. The molecule has 4 nitrogen and oxygen atoms in total. The predicted molar refractivity (Wildman–Crippen MR) is 55.9 cm³/mol. The number of hydrogen-bond acceptors (Lipinski definition) is 3. The van der Waals surface area contributed by atoms with Crippen LogP contribution in [0.5, 0.6) is 0 Å². The minimum absolute atomic E-state index is 0.0970. The number of carboxylic acids is 1. The van der Waals surface area contributed by atoms with Crippen molar-refractivity contribution in [3.63, 3.8) is 0 Å². The third kappa shape index (κ3) is 3.08. The number of nitrogens with zero attached hydrogens (tertiary/aromatic N) is 1. The van der Waals surface area contributed by atoms with E-state index in [0.717, 1.165) is 17.9 Å². The molecule has 0 radical (unpaired) electrons. The van der Waals surface area contributed by atoms with Gasteiger partial charge in [0.05, 0.1) is 12.1 Å². The van der Waals surface area contributed by atoms with E-state index in [0.29, 0.717) is 12.3 Å². The van der Waals surface area contributed by atoms with Crippen LogP contribution < -0.4 is 0 Å². The number of aryl methyl sites for hydroxylation is 2. The molecule has 4 heteroatoms. The Balaban J connectivity index is 2.80. The van der Waals surface area contributed by atoms with Gasteiger partial charge in [0.15, 0.2) is 5.89 Å². The number of rotatable bonds is 5. The first-order valence-electron chi connectivity index (χ1n) is 5.24. The summed E-state index contributed by atoms with van der Waals surface area (Å²) in [5.41, 5.74) is 0.889. The molecule has 84 valence electrons. The van der Waals surface area contributed by atoms with Gasteiger partial charge in [-0.05, 0) is 6.42 Å². The Labute approximate surface area is 89.3 Å². The number of oxazole rings is 1. The fraction of sp³-hybridized carbons (Fsp3) is 0.636. The summed E-state index contributed by atoms with van der Waals surface area (Å²) in [5, 5.41) is 8.59. The molecule has 0 unspecified atom stereocenters. The van der Waals surface area contributed by atoms with Crippen LogP contribution in [0.4, 0.5) is 0 Å². The molecule has 0 aromatic carbocycles. The van der Waals surface area contributed by atoms with Crippen molar-refractivity contribution in [2.75, 3.05) is 0 Å². The highest BCUT2D eigenvalue weighted by molar-refractivity contribution is 5.66. The van der Waals surface area contributed by atoms with Crippen LogP contribution in [0.25, 0.3) is 0 Å². The molecule has 0 atom stereocenters. The Bertz CT molecular complexity index is 342. The highest BCUT2D eigenvalue weighted by Crippen LogP contribution is 2.19. The van der Waals surface area contributed by atoms with Crippen molar-refractivity contribution in [2.24, 2.45) is 0 Å². The van der Waals surface area contributed by atoms with Crippen LogP contribution in [0.15, 0.2) is 4.42 Å². The molecule has 0 saturated carbocycles. The fourth-order valence-corrected chi connectivity index (χ4v) is 1.34. The standard InChI is InChI=1S/C11H17NO3/c1-4-8-9(5-6-10(13)14)15-11(12-8)7(2)3/h7H,4-6H2,1-3H3,(H,13,14). The quantitative estimate of drug-likeness (QED) is 0.812. The number of aliphatic carboxylic acids is 1. The molecule has 0 aliphatic rings. The molecular formula is C11H17NO3. The van der Waals surface area contributed by atoms with Crippen LogP contribution in [0.1, 0.15) is 50.5 Å². The number of aromatic nitrogens is 1. The van der Waals surface area contributed by atoms with Crippen LogP contribution in [-0.4, -0.2) is 16.1 Å². The maximum Gasteiger partial charge on any atom is 0.303 e. The molecule has 0 fully saturated rings. The Morgan fingerprint density at radius 3 is 2.67 bits per heavy atom. The minimum Gasteiger partial charge on any atom is -0.481 e. The summed E-state index contributed by atoms with van der Waals surface area (Å²) < 4.78 is 5.54. The van der Waals surface area contributed by atoms with E-state index in [2.05, 4.69) is 4.98 Å². The third-order valence-electron chi connectivity index (χ3n) is 2.19. The highest BCUT2D eigenvalue weighted by Gasteiger charge is 2.14. The fourth-order valence-electron chi connectivity index (χ4n) is 1.34. The topological polar surface area (TPSA) is 63.3 Å². The lowest BCUT2D eigenvalue weighted by atomic mass is 10.2.